The SMILES string of the molecule is C=Cc1ccc(Nc2cc(C)cc(C)c2)cc1. The molecule has 17 heavy (non-hydrogen) atoms. The molecule has 0 radical (unpaired) electrons. The maximum absolute atomic E-state index is 3.75. The molecule has 0 aliphatic heterocycles. The van der Waals surface area contributed by atoms with Gasteiger partial charge in [-0.2, -0.15) is 0 Å². The van der Waals surface area contributed by atoms with Crippen LogP contribution in [0.5, 0.6) is 0 Å². The van der Waals surface area contributed by atoms with Gasteiger partial charge >= 0.3 is 0 Å². The quantitative estimate of drug-likeness (QED) is 0.796. The zero-order chi connectivity index (χ0) is 12.3. The molecule has 2 aromatic rings. The molecule has 0 saturated heterocycles. The molecule has 2 rings (SSSR count). The Morgan fingerprint density at radius 1 is 0.882 bits per heavy atom. The smallest absolute Gasteiger partial charge is 0.0389 e. The summed E-state index contributed by atoms with van der Waals surface area (Å²) in [5.74, 6) is 0. The Hall–Kier alpha value is -2.02. The highest BCUT2D eigenvalue weighted by Gasteiger charge is 1.97. The molecule has 0 aliphatic rings. The zero-order valence-electron chi connectivity index (χ0n) is 10.3. The highest BCUT2D eigenvalue weighted by atomic mass is 14.9. The van der Waals surface area contributed by atoms with E-state index >= 15 is 0 Å². The van der Waals surface area contributed by atoms with E-state index < -0.39 is 0 Å². The van der Waals surface area contributed by atoms with E-state index in [1.807, 2.05) is 6.08 Å². The van der Waals surface area contributed by atoms with Crippen molar-refractivity contribution in [1.82, 2.24) is 0 Å². The molecule has 0 spiro atoms. The van der Waals surface area contributed by atoms with Gasteiger partial charge in [0.2, 0.25) is 0 Å². The zero-order valence-corrected chi connectivity index (χ0v) is 10.3. The fraction of sp³-hybridized carbons (Fsp3) is 0.125. The van der Waals surface area contributed by atoms with Crippen molar-refractivity contribution in [3.05, 3.63) is 65.7 Å². The summed E-state index contributed by atoms with van der Waals surface area (Å²) in [5.41, 5.74) is 5.91. The van der Waals surface area contributed by atoms with Gasteiger partial charge in [0.15, 0.2) is 0 Å². The fourth-order valence-electron chi connectivity index (χ4n) is 1.92. The van der Waals surface area contributed by atoms with E-state index in [9.17, 15) is 0 Å². The van der Waals surface area contributed by atoms with E-state index in [0.29, 0.717) is 0 Å². The lowest BCUT2D eigenvalue weighted by Crippen LogP contribution is -1.91. The third-order valence-corrected chi connectivity index (χ3v) is 2.66. The molecule has 86 valence electrons. The second-order valence-corrected chi connectivity index (χ2v) is 4.33. The van der Waals surface area contributed by atoms with E-state index in [1.165, 1.54) is 11.1 Å². The summed E-state index contributed by atoms with van der Waals surface area (Å²) in [7, 11) is 0. The molecular formula is C16H17N. The summed E-state index contributed by atoms with van der Waals surface area (Å²) in [6, 6.07) is 14.7. The van der Waals surface area contributed by atoms with E-state index in [4.69, 9.17) is 0 Å². The van der Waals surface area contributed by atoms with Gasteiger partial charge in [0.05, 0.1) is 0 Å². The highest BCUT2D eigenvalue weighted by Crippen LogP contribution is 2.20. The fourth-order valence-corrected chi connectivity index (χ4v) is 1.92. The Morgan fingerprint density at radius 3 is 2.00 bits per heavy atom. The van der Waals surface area contributed by atoms with Crippen LogP contribution in [0.4, 0.5) is 11.4 Å². The predicted octanol–water partition coefficient (Wildman–Crippen LogP) is 4.69. The van der Waals surface area contributed by atoms with Crippen molar-refractivity contribution >= 4 is 17.5 Å². The lowest BCUT2D eigenvalue weighted by molar-refractivity contribution is 1.37. The van der Waals surface area contributed by atoms with Crippen LogP contribution in [-0.4, -0.2) is 0 Å². The van der Waals surface area contributed by atoms with Gasteiger partial charge in [-0.05, 0) is 54.8 Å². The molecule has 0 heterocycles. The summed E-state index contributed by atoms with van der Waals surface area (Å²) in [4.78, 5) is 0. The Kier molecular flexibility index (Phi) is 3.29. The molecule has 2 aromatic carbocycles. The van der Waals surface area contributed by atoms with Crippen LogP contribution in [0.25, 0.3) is 6.08 Å². The van der Waals surface area contributed by atoms with Crippen LogP contribution in [0.1, 0.15) is 16.7 Å². The first kappa shape index (κ1) is 11.5. The van der Waals surface area contributed by atoms with Crippen LogP contribution >= 0.6 is 0 Å². The molecule has 0 aliphatic carbocycles. The summed E-state index contributed by atoms with van der Waals surface area (Å²) in [6.45, 7) is 7.97. The van der Waals surface area contributed by atoms with Gasteiger partial charge in [-0.1, -0.05) is 30.9 Å². The van der Waals surface area contributed by atoms with Crippen molar-refractivity contribution < 1.29 is 0 Å². The number of anilines is 2. The van der Waals surface area contributed by atoms with Crippen LogP contribution in [0, 0.1) is 13.8 Å². The lowest BCUT2D eigenvalue weighted by Gasteiger charge is -2.08. The molecule has 0 unspecified atom stereocenters. The standard InChI is InChI=1S/C16H17N/c1-4-14-5-7-15(8-6-14)17-16-10-12(2)9-13(3)11-16/h4-11,17H,1H2,2-3H3. The molecule has 0 fully saturated rings. The lowest BCUT2D eigenvalue weighted by atomic mass is 10.1. The summed E-state index contributed by atoms with van der Waals surface area (Å²) < 4.78 is 0. The van der Waals surface area contributed by atoms with Gasteiger partial charge in [0.1, 0.15) is 0 Å². The Balaban J connectivity index is 2.21. The molecule has 0 saturated carbocycles. The average molecular weight is 223 g/mol. The number of aryl methyl sites for hydroxylation is 2. The van der Waals surface area contributed by atoms with Crippen molar-refractivity contribution in [3.8, 4) is 0 Å². The molecule has 1 heteroatoms. The maximum Gasteiger partial charge on any atom is 0.0389 e. The van der Waals surface area contributed by atoms with Crippen LogP contribution in [0.3, 0.4) is 0 Å². The Morgan fingerprint density at radius 2 is 1.47 bits per heavy atom. The summed E-state index contributed by atoms with van der Waals surface area (Å²) in [5, 5.41) is 3.40. The number of benzene rings is 2. The van der Waals surface area contributed by atoms with Gasteiger partial charge < -0.3 is 5.32 Å². The predicted molar refractivity (Wildman–Crippen MR) is 75.7 cm³/mol. The van der Waals surface area contributed by atoms with Crippen LogP contribution < -0.4 is 5.32 Å². The van der Waals surface area contributed by atoms with E-state index in [-0.39, 0.29) is 0 Å². The Labute approximate surface area is 103 Å². The summed E-state index contributed by atoms with van der Waals surface area (Å²) in [6.07, 6.45) is 1.85. The number of hydrogen-bond acceptors (Lipinski definition) is 1. The monoisotopic (exact) mass is 223 g/mol. The first-order chi connectivity index (χ1) is 8.17. The largest absolute Gasteiger partial charge is 0.356 e. The van der Waals surface area contributed by atoms with E-state index in [1.54, 1.807) is 0 Å². The number of nitrogens with one attached hydrogen (secondary N) is 1. The van der Waals surface area contributed by atoms with Crippen LogP contribution in [-0.2, 0) is 0 Å². The average Bonchev–Trinajstić information content (AvgIpc) is 2.28. The normalized spacial score (nSPS) is 10.0. The molecule has 0 bridgehead atoms. The van der Waals surface area contributed by atoms with Crippen molar-refractivity contribution in [1.29, 1.82) is 0 Å². The molecule has 1 nitrogen and oxygen atoms in total. The molecule has 1 N–H and O–H groups in total. The number of hydrogen-bond donors (Lipinski definition) is 1. The van der Waals surface area contributed by atoms with Gasteiger partial charge in [0, 0.05) is 11.4 Å². The van der Waals surface area contributed by atoms with E-state index in [0.717, 1.165) is 16.9 Å². The van der Waals surface area contributed by atoms with Gasteiger partial charge in [-0.3, -0.25) is 0 Å². The minimum absolute atomic E-state index is 1.10. The molecule has 0 atom stereocenters. The van der Waals surface area contributed by atoms with E-state index in [2.05, 4.69) is 68.2 Å². The molecule has 0 amide bonds. The van der Waals surface area contributed by atoms with Crippen molar-refractivity contribution in [2.45, 2.75) is 13.8 Å². The van der Waals surface area contributed by atoms with Gasteiger partial charge in [-0.25, -0.2) is 0 Å². The minimum Gasteiger partial charge on any atom is -0.356 e. The van der Waals surface area contributed by atoms with Gasteiger partial charge in [0.25, 0.3) is 0 Å². The van der Waals surface area contributed by atoms with Crippen molar-refractivity contribution in [2.75, 3.05) is 5.32 Å². The first-order valence-corrected chi connectivity index (χ1v) is 5.75. The maximum atomic E-state index is 3.75. The third kappa shape index (κ3) is 2.97. The summed E-state index contributed by atoms with van der Waals surface area (Å²) >= 11 is 0. The van der Waals surface area contributed by atoms with Crippen molar-refractivity contribution in [2.24, 2.45) is 0 Å². The first-order valence-electron chi connectivity index (χ1n) is 5.75. The topological polar surface area (TPSA) is 12.0 Å². The molecule has 0 aromatic heterocycles. The number of rotatable bonds is 3. The Bertz CT molecular complexity index is 503. The second-order valence-electron chi connectivity index (χ2n) is 4.33. The van der Waals surface area contributed by atoms with Crippen LogP contribution in [0.15, 0.2) is 49.0 Å². The third-order valence-electron chi connectivity index (χ3n) is 2.66. The minimum atomic E-state index is 1.10. The molecular weight excluding hydrogens is 206 g/mol. The van der Waals surface area contributed by atoms with Crippen molar-refractivity contribution in [3.63, 3.8) is 0 Å². The van der Waals surface area contributed by atoms with Gasteiger partial charge in [-0.15, -0.1) is 0 Å². The van der Waals surface area contributed by atoms with Crippen LogP contribution in [0.2, 0.25) is 0 Å². The highest BCUT2D eigenvalue weighted by molar-refractivity contribution is 5.63. The second kappa shape index (κ2) is 4.88.